The maximum atomic E-state index is 11.9. The van der Waals surface area contributed by atoms with Gasteiger partial charge < -0.3 is 32.3 Å². The Hall–Kier alpha value is -3.08. The fourth-order valence-electron chi connectivity index (χ4n) is 1.86. The highest BCUT2D eigenvalue weighted by atomic mass is 16.2. The second-order valence-corrected chi connectivity index (χ2v) is 6.17. The maximum Gasteiger partial charge on any atom is 0.243 e. The summed E-state index contributed by atoms with van der Waals surface area (Å²) in [4.78, 5) is 47.1. The summed E-state index contributed by atoms with van der Waals surface area (Å²) in [6, 6.07) is -2.69. The second-order valence-electron chi connectivity index (χ2n) is 6.17. The van der Waals surface area contributed by atoms with Crippen molar-refractivity contribution in [2.24, 2.45) is 5.73 Å². The van der Waals surface area contributed by atoms with E-state index in [1.807, 2.05) is 0 Å². The highest BCUT2D eigenvalue weighted by Crippen LogP contribution is 1.94. The van der Waals surface area contributed by atoms with Crippen molar-refractivity contribution in [2.75, 3.05) is 21.1 Å². The van der Waals surface area contributed by atoms with E-state index < -0.39 is 30.1 Å². The predicted molar refractivity (Wildman–Crippen MR) is 109 cm³/mol. The van der Waals surface area contributed by atoms with Gasteiger partial charge in [0.15, 0.2) is 0 Å². The topological polar surface area (TPSA) is 154 Å². The summed E-state index contributed by atoms with van der Waals surface area (Å²) < 4.78 is 0. The highest BCUT2D eigenvalue weighted by Gasteiger charge is 2.21. The first-order chi connectivity index (χ1) is 13.7. The molecule has 10 heteroatoms. The van der Waals surface area contributed by atoms with E-state index in [4.69, 9.17) is 5.73 Å². The highest BCUT2D eigenvalue weighted by molar-refractivity contribution is 5.90. The molecule has 0 heterocycles. The van der Waals surface area contributed by atoms with Gasteiger partial charge in [0, 0.05) is 19.9 Å². The predicted octanol–water partition coefficient (Wildman–Crippen LogP) is -2.81. The van der Waals surface area contributed by atoms with Crippen molar-refractivity contribution in [3.05, 3.63) is 0 Å². The van der Waals surface area contributed by atoms with Gasteiger partial charge >= 0.3 is 0 Å². The third kappa shape index (κ3) is 10.1. The third-order valence-corrected chi connectivity index (χ3v) is 4.04. The second kappa shape index (κ2) is 14.0. The van der Waals surface area contributed by atoms with E-state index in [0.717, 1.165) is 0 Å². The van der Waals surface area contributed by atoms with Crippen LogP contribution < -0.4 is 32.3 Å². The molecule has 0 spiro atoms. The lowest BCUT2D eigenvalue weighted by Crippen LogP contribution is -2.50. The average Bonchev–Trinajstić information content (AvgIpc) is 2.71. The van der Waals surface area contributed by atoms with Crippen LogP contribution in [0.15, 0.2) is 0 Å². The monoisotopic (exact) mass is 406 g/mol. The van der Waals surface area contributed by atoms with Crippen molar-refractivity contribution in [3.8, 4) is 23.7 Å². The molecule has 0 rings (SSSR count). The molecule has 160 valence electrons. The summed E-state index contributed by atoms with van der Waals surface area (Å²) in [5, 5.41) is 13.1. The number of amides is 4. The fourth-order valence-corrected chi connectivity index (χ4v) is 1.86. The molecule has 0 aliphatic heterocycles. The zero-order chi connectivity index (χ0) is 22.4. The average molecular weight is 406 g/mol. The lowest BCUT2D eigenvalue weighted by molar-refractivity contribution is -0.129. The number of carbonyl (C=O) groups excluding carboxylic acids is 4. The van der Waals surface area contributed by atoms with Crippen molar-refractivity contribution in [2.45, 2.75) is 50.9 Å². The minimum Gasteiger partial charge on any atom is -0.368 e. The molecule has 10 nitrogen and oxygen atoms in total. The Kier molecular flexibility index (Phi) is 12.5. The van der Waals surface area contributed by atoms with Crippen LogP contribution in [0.2, 0.25) is 0 Å². The van der Waals surface area contributed by atoms with Crippen LogP contribution in [-0.4, -0.2) is 68.9 Å². The van der Waals surface area contributed by atoms with Crippen LogP contribution in [0.4, 0.5) is 0 Å². The van der Waals surface area contributed by atoms with Gasteiger partial charge in [0.2, 0.25) is 23.6 Å². The first-order valence-electron chi connectivity index (χ1n) is 9.09. The summed E-state index contributed by atoms with van der Waals surface area (Å²) >= 11 is 0. The number of nitrogens with one attached hydrogen (secondary N) is 5. The first-order valence-corrected chi connectivity index (χ1v) is 9.09. The van der Waals surface area contributed by atoms with Crippen LogP contribution in [0, 0.1) is 23.7 Å². The molecule has 0 saturated heterocycles. The number of carbonyl (C=O) groups is 4. The molecular weight excluding hydrogens is 376 g/mol. The normalized spacial score (nSPS) is 13.8. The number of hydrogen-bond acceptors (Lipinski definition) is 6. The molecule has 0 saturated carbocycles. The molecule has 0 fully saturated rings. The Balaban J connectivity index is 4.87. The summed E-state index contributed by atoms with van der Waals surface area (Å²) in [7, 11) is 4.71. The van der Waals surface area contributed by atoms with Crippen LogP contribution in [0.25, 0.3) is 0 Å². The largest absolute Gasteiger partial charge is 0.368 e. The maximum absolute atomic E-state index is 11.9. The molecule has 4 amide bonds. The van der Waals surface area contributed by atoms with Gasteiger partial charge in [-0.3, -0.25) is 19.2 Å². The standard InChI is InChI=1S/C19H30N6O4/c1-12(21-3)17(27)24-14(16(20)26)10-8-6-7-9-11-15(19(29)23-5)25-18(28)13(2)22-4/h12-15,21-22H,10-11H2,1-5H3,(H2,20,26)(H,23,29)(H,24,27)(H,25,28)/t12-,13-,14-,15-/m0/s1. The molecule has 0 unspecified atom stereocenters. The van der Waals surface area contributed by atoms with Gasteiger partial charge in [-0.05, 0) is 39.8 Å². The molecular formula is C19H30N6O4. The van der Waals surface area contributed by atoms with Crippen LogP contribution >= 0.6 is 0 Å². The van der Waals surface area contributed by atoms with E-state index in [1.165, 1.54) is 7.05 Å². The van der Waals surface area contributed by atoms with Gasteiger partial charge in [0.05, 0.1) is 12.1 Å². The van der Waals surface area contributed by atoms with Crippen molar-refractivity contribution in [3.63, 3.8) is 0 Å². The Bertz CT molecular complexity index is 716. The van der Waals surface area contributed by atoms with Gasteiger partial charge in [-0.25, -0.2) is 0 Å². The van der Waals surface area contributed by atoms with Crippen LogP contribution in [0.3, 0.4) is 0 Å². The molecule has 29 heavy (non-hydrogen) atoms. The van der Waals surface area contributed by atoms with Crippen molar-refractivity contribution in [1.29, 1.82) is 0 Å². The van der Waals surface area contributed by atoms with Gasteiger partial charge in [-0.2, -0.15) is 0 Å². The van der Waals surface area contributed by atoms with Gasteiger partial charge in [0.25, 0.3) is 0 Å². The van der Waals surface area contributed by atoms with Crippen LogP contribution in [-0.2, 0) is 19.2 Å². The van der Waals surface area contributed by atoms with Crippen molar-refractivity contribution >= 4 is 23.6 Å². The van der Waals surface area contributed by atoms with E-state index in [9.17, 15) is 19.2 Å². The van der Waals surface area contributed by atoms with E-state index >= 15 is 0 Å². The van der Waals surface area contributed by atoms with E-state index in [1.54, 1.807) is 27.9 Å². The molecule has 0 aromatic carbocycles. The number of hydrogen-bond donors (Lipinski definition) is 6. The summed E-state index contributed by atoms with van der Waals surface area (Å²) in [6.45, 7) is 3.31. The summed E-state index contributed by atoms with van der Waals surface area (Å²) in [6.07, 6.45) is 0.0632. The molecule has 0 aliphatic rings. The van der Waals surface area contributed by atoms with E-state index in [-0.39, 0.29) is 30.6 Å². The smallest absolute Gasteiger partial charge is 0.243 e. The molecule has 0 aliphatic carbocycles. The van der Waals surface area contributed by atoms with Crippen LogP contribution in [0.1, 0.15) is 26.7 Å². The molecule has 0 bridgehead atoms. The lowest BCUT2D eigenvalue weighted by Gasteiger charge is -2.17. The third-order valence-electron chi connectivity index (χ3n) is 4.04. The Morgan fingerprint density at radius 3 is 1.55 bits per heavy atom. The molecule has 4 atom stereocenters. The molecule has 0 aromatic rings. The van der Waals surface area contributed by atoms with Crippen LogP contribution in [0.5, 0.6) is 0 Å². The van der Waals surface area contributed by atoms with Crippen molar-refractivity contribution in [1.82, 2.24) is 26.6 Å². The number of nitrogens with two attached hydrogens (primary N) is 1. The van der Waals surface area contributed by atoms with Gasteiger partial charge in [0.1, 0.15) is 12.1 Å². The fraction of sp³-hybridized carbons (Fsp3) is 0.579. The molecule has 0 aromatic heterocycles. The van der Waals surface area contributed by atoms with E-state index in [0.29, 0.717) is 0 Å². The minimum absolute atomic E-state index is 0.00147. The zero-order valence-electron chi connectivity index (χ0n) is 17.4. The number of rotatable bonds is 10. The number of primary amides is 1. The Morgan fingerprint density at radius 1 is 0.759 bits per heavy atom. The summed E-state index contributed by atoms with van der Waals surface area (Å²) in [5.74, 6) is 8.68. The first kappa shape index (κ1) is 25.9. The van der Waals surface area contributed by atoms with Gasteiger partial charge in [-0.15, -0.1) is 0 Å². The zero-order valence-corrected chi connectivity index (χ0v) is 17.4. The number of likely N-dealkylation sites (N-methyl/N-ethyl adjacent to an activating group) is 3. The SMILES string of the molecule is CNC(=O)[C@H](CC#CC#CC[C@H](NC(=O)[C@H](C)NC)C(N)=O)NC(=O)[C@H](C)NC. The lowest BCUT2D eigenvalue weighted by atomic mass is 10.1. The minimum atomic E-state index is -0.937. The van der Waals surface area contributed by atoms with E-state index in [2.05, 4.69) is 50.3 Å². The van der Waals surface area contributed by atoms with Gasteiger partial charge in [-0.1, -0.05) is 11.8 Å². The Morgan fingerprint density at radius 2 is 1.17 bits per heavy atom. The quantitative estimate of drug-likeness (QED) is 0.215. The molecule has 7 N–H and O–H groups in total. The van der Waals surface area contributed by atoms with Crippen molar-refractivity contribution < 1.29 is 19.2 Å². The Labute approximate surface area is 171 Å². The molecule has 0 radical (unpaired) electrons. The summed E-state index contributed by atoms with van der Waals surface area (Å²) in [5.41, 5.74) is 5.27.